The fourth-order valence-corrected chi connectivity index (χ4v) is 2.68. The third-order valence-corrected chi connectivity index (χ3v) is 4.07. The lowest BCUT2D eigenvalue weighted by Gasteiger charge is -2.35. The van der Waals surface area contributed by atoms with Crippen molar-refractivity contribution < 1.29 is 9.53 Å². The lowest BCUT2D eigenvalue weighted by Crippen LogP contribution is -2.54. The fraction of sp³-hybridized carbons (Fsp3) is 0.538. The lowest BCUT2D eigenvalue weighted by atomic mass is 10.2. The van der Waals surface area contributed by atoms with Crippen LogP contribution in [0.4, 0.5) is 5.82 Å². The maximum atomic E-state index is 12.2. The minimum Gasteiger partial charge on any atom is -0.377 e. The molecule has 1 unspecified atom stereocenters. The van der Waals surface area contributed by atoms with Gasteiger partial charge in [-0.2, -0.15) is 0 Å². The van der Waals surface area contributed by atoms with Crippen molar-refractivity contribution in [3.63, 3.8) is 0 Å². The number of hydrogen-bond acceptors (Lipinski definition) is 4. The van der Waals surface area contributed by atoms with Crippen LogP contribution in [0, 0.1) is 0 Å². The molecule has 21 heavy (non-hydrogen) atoms. The molecule has 116 valence electrons. The number of pyridine rings is 1. The Morgan fingerprint density at radius 3 is 2.95 bits per heavy atom. The van der Waals surface area contributed by atoms with Gasteiger partial charge in [-0.05, 0) is 12.5 Å². The highest BCUT2D eigenvalue weighted by molar-refractivity contribution is 6.43. The maximum absolute atomic E-state index is 12.2. The number of morpholine rings is 1. The van der Waals surface area contributed by atoms with Crippen molar-refractivity contribution in [2.45, 2.75) is 19.4 Å². The molecule has 2 heterocycles. The molecule has 1 aliphatic heterocycles. The molecule has 1 saturated heterocycles. The predicted molar refractivity (Wildman–Crippen MR) is 84.5 cm³/mol. The van der Waals surface area contributed by atoms with Crippen LogP contribution in [0.15, 0.2) is 6.07 Å². The molecule has 0 aromatic carbocycles. The van der Waals surface area contributed by atoms with E-state index in [0.717, 1.165) is 6.42 Å². The van der Waals surface area contributed by atoms with Crippen LogP contribution in [0.3, 0.4) is 0 Å². The van der Waals surface area contributed by atoms with E-state index < -0.39 is 6.04 Å². The zero-order valence-corrected chi connectivity index (χ0v) is 13.8. The van der Waals surface area contributed by atoms with Gasteiger partial charge in [-0.25, -0.2) is 4.98 Å². The van der Waals surface area contributed by atoms with Crippen molar-refractivity contribution in [1.29, 1.82) is 0 Å². The first-order valence-electron chi connectivity index (χ1n) is 6.68. The average Bonchev–Trinajstić information content (AvgIpc) is 2.48. The van der Waals surface area contributed by atoms with E-state index in [2.05, 4.69) is 10.3 Å². The average molecular weight is 353 g/mol. The summed E-state index contributed by atoms with van der Waals surface area (Å²) in [5.74, 6) is 0.339. The van der Waals surface area contributed by atoms with Gasteiger partial charge in [-0.15, -0.1) is 0 Å². The van der Waals surface area contributed by atoms with Gasteiger partial charge in [0.25, 0.3) is 0 Å². The van der Waals surface area contributed by atoms with Crippen molar-refractivity contribution in [2.75, 3.05) is 31.2 Å². The summed E-state index contributed by atoms with van der Waals surface area (Å²) in [4.78, 5) is 18.2. The highest BCUT2D eigenvalue weighted by Crippen LogP contribution is 2.32. The van der Waals surface area contributed by atoms with E-state index in [1.54, 1.807) is 4.90 Å². The summed E-state index contributed by atoms with van der Waals surface area (Å²) in [6.07, 6.45) is 0.866. The van der Waals surface area contributed by atoms with E-state index in [0.29, 0.717) is 30.5 Å². The zero-order valence-electron chi connectivity index (χ0n) is 11.5. The van der Waals surface area contributed by atoms with E-state index in [-0.39, 0.29) is 22.7 Å². The first-order valence-corrected chi connectivity index (χ1v) is 7.81. The second kappa shape index (κ2) is 7.49. The number of nitrogens with zero attached hydrogens (tertiary/aromatic N) is 2. The predicted octanol–water partition coefficient (Wildman–Crippen LogP) is 2.77. The summed E-state index contributed by atoms with van der Waals surface area (Å²) in [6.45, 7) is 3.90. The Kier molecular flexibility index (Phi) is 5.93. The first-order chi connectivity index (χ1) is 10.0. The molecule has 1 aromatic rings. The van der Waals surface area contributed by atoms with Crippen molar-refractivity contribution in [3.8, 4) is 0 Å². The van der Waals surface area contributed by atoms with Crippen LogP contribution in [0.2, 0.25) is 15.2 Å². The zero-order chi connectivity index (χ0) is 15.4. The van der Waals surface area contributed by atoms with Gasteiger partial charge in [0.2, 0.25) is 5.91 Å². The van der Waals surface area contributed by atoms with Crippen LogP contribution in [-0.2, 0) is 9.53 Å². The number of aromatic nitrogens is 1. The number of ether oxygens (including phenoxy) is 1. The number of rotatable bonds is 4. The second-order valence-electron chi connectivity index (χ2n) is 4.64. The number of amides is 1. The summed E-state index contributed by atoms with van der Waals surface area (Å²) in [5.41, 5.74) is 0. The molecule has 0 saturated carbocycles. The fourth-order valence-electron chi connectivity index (χ4n) is 2.08. The number of carbonyl (C=O) groups excluding carboxylic acids is 1. The monoisotopic (exact) mass is 351 g/mol. The molecule has 0 radical (unpaired) electrons. The Bertz CT molecular complexity index is 528. The molecule has 1 amide bonds. The molecule has 8 heteroatoms. The second-order valence-corrected chi connectivity index (χ2v) is 5.81. The normalized spacial score (nSPS) is 18.7. The Labute approximate surface area is 138 Å². The van der Waals surface area contributed by atoms with Crippen LogP contribution < -0.4 is 10.2 Å². The van der Waals surface area contributed by atoms with Crippen LogP contribution in [0.5, 0.6) is 0 Å². The highest BCUT2D eigenvalue weighted by atomic mass is 35.5. The number of nitrogens with one attached hydrogen (secondary N) is 1. The van der Waals surface area contributed by atoms with E-state index in [4.69, 9.17) is 39.5 Å². The molecule has 1 aliphatic rings. The molecule has 1 atom stereocenters. The summed E-state index contributed by atoms with van der Waals surface area (Å²) < 4.78 is 5.40. The van der Waals surface area contributed by atoms with Gasteiger partial charge in [-0.3, -0.25) is 4.79 Å². The molecule has 1 N–H and O–H groups in total. The molecule has 5 nitrogen and oxygen atoms in total. The Balaban J connectivity index is 2.26. The lowest BCUT2D eigenvalue weighted by molar-refractivity contribution is -0.124. The highest BCUT2D eigenvalue weighted by Gasteiger charge is 2.31. The summed E-state index contributed by atoms with van der Waals surface area (Å²) >= 11 is 18.0. The molecule has 2 rings (SSSR count). The number of carbonyl (C=O) groups is 1. The van der Waals surface area contributed by atoms with Gasteiger partial charge >= 0.3 is 0 Å². The van der Waals surface area contributed by atoms with Crippen LogP contribution in [0.1, 0.15) is 13.3 Å². The molecule has 0 spiro atoms. The van der Waals surface area contributed by atoms with Gasteiger partial charge in [0, 0.05) is 13.1 Å². The van der Waals surface area contributed by atoms with Gasteiger partial charge in [-0.1, -0.05) is 41.7 Å². The topological polar surface area (TPSA) is 54.5 Å². The first kappa shape index (κ1) is 16.6. The van der Waals surface area contributed by atoms with E-state index in [9.17, 15) is 4.79 Å². The Morgan fingerprint density at radius 2 is 2.24 bits per heavy atom. The maximum Gasteiger partial charge on any atom is 0.245 e. The molecule has 1 fully saturated rings. The molecular formula is C13H16Cl3N3O2. The smallest absolute Gasteiger partial charge is 0.245 e. The third-order valence-electron chi connectivity index (χ3n) is 3.12. The van der Waals surface area contributed by atoms with Gasteiger partial charge in [0.15, 0.2) is 0 Å². The summed E-state index contributed by atoms with van der Waals surface area (Å²) in [5, 5.41) is 3.66. The third kappa shape index (κ3) is 3.92. The standard InChI is InChI=1S/C13H16Cl3N3O2/c1-2-3-17-13(20)10-7-21-5-4-19(10)12-9(15)6-8(14)11(16)18-12/h6,10H,2-5,7H2,1H3,(H,17,20). The van der Waals surface area contributed by atoms with Crippen molar-refractivity contribution in [2.24, 2.45) is 0 Å². The van der Waals surface area contributed by atoms with Crippen molar-refractivity contribution >= 4 is 46.5 Å². The Hall–Kier alpha value is -0.750. The molecular weight excluding hydrogens is 337 g/mol. The van der Waals surface area contributed by atoms with Crippen LogP contribution in [0.25, 0.3) is 0 Å². The summed E-state index contributed by atoms with van der Waals surface area (Å²) in [7, 11) is 0. The molecule has 1 aromatic heterocycles. The minimum atomic E-state index is -0.479. The number of hydrogen-bond donors (Lipinski definition) is 1. The van der Waals surface area contributed by atoms with Gasteiger partial charge in [0.05, 0.1) is 23.3 Å². The van der Waals surface area contributed by atoms with Crippen LogP contribution in [-0.4, -0.2) is 43.2 Å². The van der Waals surface area contributed by atoms with E-state index in [1.165, 1.54) is 6.07 Å². The van der Waals surface area contributed by atoms with E-state index >= 15 is 0 Å². The van der Waals surface area contributed by atoms with Crippen LogP contribution >= 0.6 is 34.8 Å². The number of anilines is 1. The van der Waals surface area contributed by atoms with Gasteiger partial charge in [0.1, 0.15) is 17.0 Å². The van der Waals surface area contributed by atoms with E-state index in [1.807, 2.05) is 6.92 Å². The summed E-state index contributed by atoms with van der Waals surface area (Å²) in [6, 6.07) is 1.05. The molecule has 0 aliphatic carbocycles. The van der Waals surface area contributed by atoms with Crippen molar-refractivity contribution in [1.82, 2.24) is 10.3 Å². The quantitative estimate of drug-likeness (QED) is 0.847. The van der Waals surface area contributed by atoms with Crippen molar-refractivity contribution in [3.05, 3.63) is 21.3 Å². The largest absolute Gasteiger partial charge is 0.377 e. The minimum absolute atomic E-state index is 0.111. The molecule has 0 bridgehead atoms. The van der Waals surface area contributed by atoms with Gasteiger partial charge < -0.3 is 15.0 Å². The Morgan fingerprint density at radius 1 is 1.48 bits per heavy atom. The SMILES string of the molecule is CCCNC(=O)C1COCCN1c1nc(Cl)c(Cl)cc1Cl. The number of halogens is 3.